The first-order valence-corrected chi connectivity index (χ1v) is 14.1. The number of aliphatic hydroxyl groups is 1. The number of fused-ring (bicyclic) bond motifs is 2. The van der Waals surface area contributed by atoms with Crippen LogP contribution in [0.5, 0.6) is 0 Å². The van der Waals surface area contributed by atoms with Crippen LogP contribution in [0.25, 0.3) is 0 Å². The van der Waals surface area contributed by atoms with Crippen LogP contribution in [0.2, 0.25) is 0 Å². The molecule has 2 aromatic carbocycles. The number of piperidine rings is 1. The van der Waals surface area contributed by atoms with E-state index in [-0.39, 0.29) is 47.6 Å². The van der Waals surface area contributed by atoms with Crippen molar-refractivity contribution in [2.45, 2.75) is 70.1 Å². The number of carbonyl (C=O) groups excluding carboxylic acids is 3. The number of carbonyl (C=O) groups is 2. The number of rotatable bonds is 4. The van der Waals surface area contributed by atoms with E-state index in [4.69, 9.17) is 0 Å². The van der Waals surface area contributed by atoms with Crippen LogP contribution < -0.4 is 5.32 Å². The topological polar surface area (TPSA) is 89.9 Å². The number of halogens is 1. The zero-order valence-electron chi connectivity index (χ0n) is 23.2. The number of nitrogens with zero attached hydrogens (tertiary/aromatic N) is 2. The Morgan fingerprint density at radius 3 is 2.52 bits per heavy atom. The van der Waals surface area contributed by atoms with Gasteiger partial charge in [0.05, 0.1) is 6.10 Å². The predicted molar refractivity (Wildman–Crippen MR) is 155 cm³/mol. The molecule has 7 nitrogen and oxygen atoms in total. The highest BCUT2D eigenvalue weighted by Gasteiger charge is 2.44. The molecule has 3 aliphatic heterocycles. The third-order valence-corrected chi connectivity index (χ3v) is 9.52. The van der Waals surface area contributed by atoms with Gasteiger partial charge in [-0.2, -0.15) is 0 Å². The molecule has 0 aromatic heterocycles. The third-order valence-electron chi connectivity index (χ3n) is 9.52. The summed E-state index contributed by atoms with van der Waals surface area (Å²) in [6.45, 7) is 7.03. The molecule has 1 aliphatic carbocycles. The van der Waals surface area contributed by atoms with Gasteiger partial charge in [0.1, 0.15) is 5.94 Å². The van der Waals surface area contributed by atoms with Gasteiger partial charge in [-0.3, -0.25) is 9.59 Å². The molecule has 8 heteroatoms. The van der Waals surface area contributed by atoms with Crippen LogP contribution in [0, 0.1) is 5.41 Å². The summed E-state index contributed by atoms with van der Waals surface area (Å²) in [5.74, 6) is 1.95. The van der Waals surface area contributed by atoms with E-state index in [2.05, 4.69) is 31.3 Å². The predicted octanol–water partition coefficient (Wildman–Crippen LogP) is 3.69. The summed E-state index contributed by atoms with van der Waals surface area (Å²) in [7, 11) is 0. The van der Waals surface area contributed by atoms with Crippen LogP contribution in [-0.4, -0.2) is 71.0 Å². The number of benzene rings is 2. The zero-order chi connectivity index (χ0) is 27.4. The van der Waals surface area contributed by atoms with E-state index in [0.29, 0.717) is 37.3 Å². The molecule has 0 unspecified atom stereocenters. The highest BCUT2D eigenvalue weighted by Crippen LogP contribution is 2.51. The second-order valence-electron chi connectivity index (χ2n) is 12.7. The Bertz CT molecular complexity index is 1360. The van der Waals surface area contributed by atoms with Crippen molar-refractivity contribution >= 4 is 30.2 Å². The molecule has 6 rings (SSSR count). The molecule has 2 fully saturated rings. The van der Waals surface area contributed by atoms with Crippen molar-refractivity contribution in [1.29, 1.82) is 0 Å². The van der Waals surface area contributed by atoms with Gasteiger partial charge in [-0.25, -0.2) is 4.79 Å². The smallest absolute Gasteiger partial charge is 0.254 e. The highest BCUT2D eigenvalue weighted by molar-refractivity contribution is 6.00. The summed E-state index contributed by atoms with van der Waals surface area (Å²) < 4.78 is 0. The lowest BCUT2D eigenvalue weighted by Gasteiger charge is -2.48. The van der Waals surface area contributed by atoms with E-state index in [9.17, 15) is 19.5 Å². The van der Waals surface area contributed by atoms with Crippen LogP contribution in [0.1, 0.15) is 76.9 Å². The minimum absolute atomic E-state index is 0. The van der Waals surface area contributed by atoms with Gasteiger partial charge in [-0.1, -0.05) is 38.1 Å². The van der Waals surface area contributed by atoms with Crippen molar-refractivity contribution in [2.75, 3.05) is 26.2 Å². The summed E-state index contributed by atoms with van der Waals surface area (Å²) in [6, 6.07) is 13.6. The molecule has 2 atom stereocenters. The molecule has 2 aromatic rings. The summed E-state index contributed by atoms with van der Waals surface area (Å²) in [4.78, 5) is 41.5. The zero-order valence-corrected chi connectivity index (χ0v) is 24.1. The first kappa shape index (κ1) is 28.6. The van der Waals surface area contributed by atoms with Gasteiger partial charge in [0.2, 0.25) is 0 Å². The normalized spacial score (nSPS) is 23.3. The molecule has 2 amide bonds. The Morgan fingerprint density at radius 2 is 1.82 bits per heavy atom. The van der Waals surface area contributed by atoms with E-state index >= 15 is 0 Å². The molecule has 0 radical (unpaired) electrons. The standard InChI is InChI=1S/C32H37N3O4.ClH/c1-31(2)20-35(18-28(37)27-14-22-5-3-4-6-24(22)17-33-27)30(39)25-8-7-23(13-26(25)31)29(38)34-11-9-32(10-12-34)15-21(16-32)19-36;/h3-8,13,27-28,33,37H,9-12,14-18,20H2,1-2H3;1H/t27-,28+;/m1./s1. The monoisotopic (exact) mass is 563 g/mol. The van der Waals surface area contributed by atoms with Gasteiger partial charge < -0.3 is 20.2 Å². The van der Waals surface area contributed by atoms with Crippen LogP contribution in [0.3, 0.4) is 0 Å². The number of hydrogen-bond acceptors (Lipinski definition) is 5. The Labute approximate surface area is 242 Å². The van der Waals surface area contributed by atoms with Crippen molar-refractivity contribution in [3.63, 3.8) is 0 Å². The Hall–Kier alpha value is -2.96. The second kappa shape index (κ2) is 10.8. The summed E-state index contributed by atoms with van der Waals surface area (Å²) in [5, 5.41) is 14.5. The van der Waals surface area contributed by atoms with Gasteiger partial charge in [0.25, 0.3) is 11.8 Å². The number of nitrogens with one attached hydrogen (secondary N) is 1. The maximum absolute atomic E-state index is 13.5. The van der Waals surface area contributed by atoms with Crippen molar-refractivity contribution in [3.8, 4) is 0 Å². The van der Waals surface area contributed by atoms with Crippen molar-refractivity contribution in [1.82, 2.24) is 15.1 Å². The van der Waals surface area contributed by atoms with E-state index in [1.54, 1.807) is 17.0 Å². The van der Waals surface area contributed by atoms with Gasteiger partial charge in [-0.05, 0) is 72.4 Å². The molecule has 1 saturated heterocycles. The molecular weight excluding hydrogens is 526 g/mol. The maximum Gasteiger partial charge on any atom is 0.254 e. The third kappa shape index (κ3) is 5.12. The second-order valence-corrected chi connectivity index (χ2v) is 12.7. The first-order valence-electron chi connectivity index (χ1n) is 14.1. The lowest BCUT2D eigenvalue weighted by atomic mass is 9.61. The van der Waals surface area contributed by atoms with Crippen LogP contribution in [0.15, 0.2) is 48.0 Å². The molecule has 1 spiro atoms. The lowest BCUT2D eigenvalue weighted by molar-refractivity contribution is 0.0441. The van der Waals surface area contributed by atoms with Gasteiger partial charge in [0, 0.05) is 60.9 Å². The average Bonchev–Trinajstić information content (AvgIpc) is 2.93. The first-order chi connectivity index (χ1) is 18.7. The number of hydrogen-bond donors (Lipinski definition) is 2. The highest BCUT2D eigenvalue weighted by atomic mass is 35.5. The minimum atomic E-state index is -0.684. The molecule has 1 saturated carbocycles. The largest absolute Gasteiger partial charge is 0.390 e. The molecule has 3 heterocycles. The number of β-amino-alcohol motifs (C(OH)–C–C–N with tert-alkyl or cyclic N) is 1. The molecular formula is C32H38ClN3O4. The molecule has 4 aliphatic rings. The van der Waals surface area contributed by atoms with Crippen molar-refractivity contribution in [2.24, 2.45) is 5.41 Å². The minimum Gasteiger partial charge on any atom is -0.390 e. The number of allylic oxidation sites excluding steroid dienone is 1. The van der Waals surface area contributed by atoms with Crippen molar-refractivity contribution < 1.29 is 19.5 Å². The quantitative estimate of drug-likeness (QED) is 0.554. The number of aliphatic hydroxyl groups excluding tert-OH is 1. The van der Waals surface area contributed by atoms with E-state index < -0.39 is 6.10 Å². The van der Waals surface area contributed by atoms with E-state index in [0.717, 1.165) is 43.2 Å². The fraction of sp³-hybridized carbons (Fsp3) is 0.500. The van der Waals surface area contributed by atoms with Crippen LogP contribution in [-0.2, 0) is 23.2 Å². The number of amides is 2. The lowest BCUT2D eigenvalue weighted by Crippen LogP contribution is -2.54. The molecule has 2 N–H and O–H groups in total. The molecule has 40 heavy (non-hydrogen) atoms. The fourth-order valence-electron chi connectivity index (χ4n) is 7.13. The van der Waals surface area contributed by atoms with Crippen LogP contribution >= 0.6 is 12.4 Å². The molecule has 212 valence electrons. The van der Waals surface area contributed by atoms with Crippen molar-refractivity contribution in [3.05, 3.63) is 75.9 Å². The maximum atomic E-state index is 13.5. The Balaban J connectivity index is 0.00000323. The summed E-state index contributed by atoms with van der Waals surface area (Å²) in [6.07, 6.45) is 3.52. The summed E-state index contributed by atoms with van der Waals surface area (Å²) in [5.41, 5.74) is 5.31. The number of likely N-dealkylation sites (tertiary alicyclic amines) is 1. The van der Waals surface area contributed by atoms with E-state index in [1.165, 1.54) is 11.1 Å². The average molecular weight is 564 g/mol. The van der Waals surface area contributed by atoms with E-state index in [1.807, 2.05) is 29.0 Å². The van der Waals surface area contributed by atoms with Crippen LogP contribution in [0.4, 0.5) is 0 Å². The fourth-order valence-corrected chi connectivity index (χ4v) is 7.13. The molecule has 0 bridgehead atoms. The van der Waals surface area contributed by atoms with Gasteiger partial charge in [-0.15, -0.1) is 12.4 Å². The Morgan fingerprint density at radius 1 is 1.12 bits per heavy atom. The SMILES string of the molecule is CC1(C)CN(C[C@H](O)[C@H]2Cc3ccccc3CN2)C(=O)c2ccc(C(=O)N3CCC4(CC3)CC(=C=O)C4)cc21.Cl. The Kier molecular flexibility index (Phi) is 7.71. The van der Waals surface area contributed by atoms with Gasteiger partial charge in [0.15, 0.2) is 0 Å². The van der Waals surface area contributed by atoms with Gasteiger partial charge >= 0.3 is 0 Å². The summed E-state index contributed by atoms with van der Waals surface area (Å²) >= 11 is 0.